The first-order valence-electron chi connectivity index (χ1n) is 8.55. The molecule has 0 spiro atoms. The molecule has 138 valence electrons. The van der Waals surface area contributed by atoms with Crippen molar-refractivity contribution in [3.8, 4) is 11.5 Å². The molecule has 0 saturated carbocycles. The molecular formula is C20H18ClN3O3. The van der Waals surface area contributed by atoms with Gasteiger partial charge in [0.15, 0.2) is 11.5 Å². The Hall–Kier alpha value is -2.99. The molecule has 1 atom stereocenters. The van der Waals surface area contributed by atoms with Crippen LogP contribution in [0.4, 0.5) is 0 Å². The van der Waals surface area contributed by atoms with Crippen LogP contribution in [-0.4, -0.2) is 28.7 Å². The normalized spacial score (nSPS) is 13.9. The summed E-state index contributed by atoms with van der Waals surface area (Å²) < 4.78 is 13.0. The van der Waals surface area contributed by atoms with Gasteiger partial charge in [-0.15, -0.1) is 0 Å². The van der Waals surface area contributed by atoms with E-state index in [1.54, 1.807) is 18.3 Å². The van der Waals surface area contributed by atoms with Crippen LogP contribution in [-0.2, 0) is 7.05 Å². The van der Waals surface area contributed by atoms with Crippen LogP contribution in [0.1, 0.15) is 27.8 Å². The quantitative estimate of drug-likeness (QED) is 0.750. The number of nitrogens with one attached hydrogen (secondary N) is 1. The Morgan fingerprint density at radius 1 is 1.22 bits per heavy atom. The van der Waals surface area contributed by atoms with E-state index in [0.717, 1.165) is 11.4 Å². The minimum atomic E-state index is -0.398. The van der Waals surface area contributed by atoms with E-state index in [9.17, 15) is 4.79 Å². The summed E-state index contributed by atoms with van der Waals surface area (Å²) in [5.74, 6) is 1.42. The number of ether oxygens (including phenoxy) is 2. The van der Waals surface area contributed by atoms with Crippen molar-refractivity contribution in [3.63, 3.8) is 0 Å². The molecule has 1 unspecified atom stereocenters. The number of carbonyl (C=O) groups is 1. The fourth-order valence-electron chi connectivity index (χ4n) is 3.05. The highest BCUT2D eigenvalue weighted by Crippen LogP contribution is 2.38. The Bertz CT molecular complexity index is 972. The largest absolute Gasteiger partial charge is 0.486 e. The molecule has 2 aromatic carbocycles. The van der Waals surface area contributed by atoms with Crippen molar-refractivity contribution in [2.75, 3.05) is 13.2 Å². The average molecular weight is 384 g/mol. The second-order valence-corrected chi connectivity index (χ2v) is 6.60. The lowest BCUT2D eigenvalue weighted by Crippen LogP contribution is -2.31. The molecule has 0 fully saturated rings. The summed E-state index contributed by atoms with van der Waals surface area (Å²) in [5, 5.41) is 3.40. The first kappa shape index (κ1) is 17.4. The molecule has 1 aromatic heterocycles. The van der Waals surface area contributed by atoms with Crippen molar-refractivity contribution in [1.82, 2.24) is 14.9 Å². The number of hydrogen-bond acceptors (Lipinski definition) is 4. The summed E-state index contributed by atoms with van der Waals surface area (Å²) in [7, 11) is 1.89. The zero-order valence-corrected chi connectivity index (χ0v) is 15.4. The average Bonchev–Trinajstić information content (AvgIpc) is 3.12. The molecule has 1 amide bonds. The van der Waals surface area contributed by atoms with E-state index < -0.39 is 6.04 Å². The molecule has 0 radical (unpaired) electrons. The number of aromatic nitrogens is 2. The van der Waals surface area contributed by atoms with E-state index in [-0.39, 0.29) is 5.91 Å². The maximum absolute atomic E-state index is 13.0. The minimum Gasteiger partial charge on any atom is -0.486 e. The molecule has 2 heterocycles. The molecular weight excluding hydrogens is 366 g/mol. The third kappa shape index (κ3) is 3.48. The molecule has 0 saturated heterocycles. The maximum atomic E-state index is 13.0. The van der Waals surface area contributed by atoms with Gasteiger partial charge in [-0.25, -0.2) is 4.98 Å². The third-order valence-corrected chi connectivity index (χ3v) is 4.66. The molecule has 4 rings (SSSR count). The molecule has 1 aliphatic heterocycles. The number of halogens is 1. The van der Waals surface area contributed by atoms with Crippen LogP contribution in [0.5, 0.6) is 11.5 Å². The Labute approximate surface area is 161 Å². The van der Waals surface area contributed by atoms with E-state index in [4.69, 9.17) is 21.1 Å². The number of carbonyl (C=O) groups excluding carboxylic acids is 1. The van der Waals surface area contributed by atoms with E-state index in [0.29, 0.717) is 35.3 Å². The zero-order valence-electron chi connectivity index (χ0n) is 14.7. The lowest BCUT2D eigenvalue weighted by molar-refractivity contribution is 0.0940. The molecule has 27 heavy (non-hydrogen) atoms. The Balaban J connectivity index is 1.67. The monoisotopic (exact) mass is 383 g/mol. The van der Waals surface area contributed by atoms with Gasteiger partial charge in [0.05, 0.1) is 5.02 Å². The van der Waals surface area contributed by atoms with Crippen molar-refractivity contribution in [1.29, 1.82) is 0 Å². The number of fused-ring (bicyclic) bond motifs is 1. The van der Waals surface area contributed by atoms with Crippen molar-refractivity contribution < 1.29 is 14.3 Å². The molecule has 0 aliphatic carbocycles. The highest BCUT2D eigenvalue weighted by atomic mass is 35.5. The smallest absolute Gasteiger partial charge is 0.252 e. The number of hydrogen-bond donors (Lipinski definition) is 1. The van der Waals surface area contributed by atoms with Gasteiger partial charge in [-0.05, 0) is 17.7 Å². The number of rotatable bonds is 4. The second-order valence-electron chi connectivity index (χ2n) is 6.20. The van der Waals surface area contributed by atoms with Crippen molar-refractivity contribution >= 4 is 17.5 Å². The van der Waals surface area contributed by atoms with Gasteiger partial charge in [-0.3, -0.25) is 4.79 Å². The van der Waals surface area contributed by atoms with Crippen LogP contribution in [0.25, 0.3) is 0 Å². The predicted molar refractivity (Wildman–Crippen MR) is 101 cm³/mol. The number of aryl methyl sites for hydroxylation is 1. The van der Waals surface area contributed by atoms with Crippen molar-refractivity contribution in [2.45, 2.75) is 6.04 Å². The van der Waals surface area contributed by atoms with Gasteiger partial charge >= 0.3 is 0 Å². The van der Waals surface area contributed by atoms with Gasteiger partial charge in [-0.2, -0.15) is 0 Å². The fraction of sp³-hybridized carbons (Fsp3) is 0.200. The lowest BCUT2D eigenvalue weighted by Gasteiger charge is -2.22. The minimum absolute atomic E-state index is 0.272. The summed E-state index contributed by atoms with van der Waals surface area (Å²) in [6.07, 6.45) is 3.55. The van der Waals surface area contributed by atoms with Gasteiger partial charge in [0.1, 0.15) is 25.1 Å². The maximum Gasteiger partial charge on any atom is 0.252 e. The highest BCUT2D eigenvalue weighted by Gasteiger charge is 2.24. The van der Waals surface area contributed by atoms with Crippen LogP contribution in [0, 0.1) is 0 Å². The number of amides is 1. The summed E-state index contributed by atoms with van der Waals surface area (Å²) in [6.45, 7) is 0.863. The summed E-state index contributed by atoms with van der Waals surface area (Å²) in [6, 6.07) is 12.5. The first-order chi connectivity index (χ1) is 13.1. The van der Waals surface area contributed by atoms with Gasteiger partial charge in [0.2, 0.25) is 0 Å². The molecule has 3 aromatic rings. The molecule has 1 N–H and O–H groups in total. The predicted octanol–water partition coefficient (Wildman–Crippen LogP) is 3.36. The van der Waals surface area contributed by atoms with Crippen LogP contribution >= 0.6 is 11.6 Å². The summed E-state index contributed by atoms with van der Waals surface area (Å²) in [4.78, 5) is 17.4. The van der Waals surface area contributed by atoms with E-state index in [1.807, 2.05) is 48.1 Å². The zero-order chi connectivity index (χ0) is 18.8. The number of imidazole rings is 1. The van der Waals surface area contributed by atoms with Gasteiger partial charge in [-0.1, -0.05) is 41.9 Å². The number of benzene rings is 2. The first-order valence-corrected chi connectivity index (χ1v) is 8.93. The third-order valence-electron chi connectivity index (χ3n) is 4.38. The SMILES string of the molecule is Cn1ccnc1C(NC(=O)c1cc(Cl)c2c(c1)OCCO2)c1ccccc1. The fourth-order valence-corrected chi connectivity index (χ4v) is 3.32. The van der Waals surface area contributed by atoms with Crippen LogP contribution < -0.4 is 14.8 Å². The number of nitrogens with zero attached hydrogens (tertiary/aromatic N) is 2. The lowest BCUT2D eigenvalue weighted by atomic mass is 10.1. The summed E-state index contributed by atoms with van der Waals surface area (Å²) in [5.41, 5.74) is 1.34. The molecule has 0 bridgehead atoms. The van der Waals surface area contributed by atoms with E-state index in [2.05, 4.69) is 10.3 Å². The second kappa shape index (κ2) is 7.32. The van der Waals surface area contributed by atoms with Crippen LogP contribution in [0.3, 0.4) is 0 Å². The van der Waals surface area contributed by atoms with Gasteiger partial charge in [0, 0.05) is 25.0 Å². The van der Waals surface area contributed by atoms with Gasteiger partial charge < -0.3 is 19.4 Å². The Kier molecular flexibility index (Phi) is 4.73. The Morgan fingerprint density at radius 3 is 2.74 bits per heavy atom. The molecule has 6 nitrogen and oxygen atoms in total. The standard InChI is InChI=1S/C20H18ClN3O3/c1-24-8-7-22-19(24)17(13-5-3-2-4-6-13)23-20(25)14-11-15(21)18-16(12-14)26-9-10-27-18/h2-8,11-12,17H,9-10H2,1H3,(H,23,25). The summed E-state index contributed by atoms with van der Waals surface area (Å²) >= 11 is 6.27. The van der Waals surface area contributed by atoms with Crippen molar-refractivity contribution in [2.24, 2.45) is 7.05 Å². The van der Waals surface area contributed by atoms with Crippen molar-refractivity contribution in [3.05, 3.63) is 76.8 Å². The van der Waals surface area contributed by atoms with Gasteiger partial charge in [0.25, 0.3) is 5.91 Å². The topological polar surface area (TPSA) is 65.4 Å². The van der Waals surface area contributed by atoms with E-state index in [1.165, 1.54) is 0 Å². The van der Waals surface area contributed by atoms with Crippen LogP contribution in [0.2, 0.25) is 5.02 Å². The Morgan fingerprint density at radius 2 is 2.00 bits per heavy atom. The van der Waals surface area contributed by atoms with E-state index >= 15 is 0 Å². The molecule has 1 aliphatic rings. The molecule has 7 heteroatoms. The highest BCUT2D eigenvalue weighted by molar-refractivity contribution is 6.32. The van der Waals surface area contributed by atoms with Crippen LogP contribution in [0.15, 0.2) is 54.9 Å².